The Balaban J connectivity index is 1.66. The largest absolute Gasteiger partial charge is 0.465 e. The Bertz CT molecular complexity index is 1060. The maximum absolute atomic E-state index is 12.4. The van der Waals surface area contributed by atoms with Crippen LogP contribution in [0.2, 0.25) is 0 Å². The molecule has 0 aliphatic rings. The molecule has 0 bridgehead atoms. The number of amides is 1. The van der Waals surface area contributed by atoms with Crippen LogP contribution >= 0.6 is 23.1 Å². The van der Waals surface area contributed by atoms with Gasteiger partial charge in [-0.25, -0.2) is 4.79 Å². The Morgan fingerprint density at radius 2 is 1.93 bits per heavy atom. The molecule has 0 radical (unpaired) electrons. The van der Waals surface area contributed by atoms with Crippen molar-refractivity contribution in [1.82, 2.24) is 14.8 Å². The third-order valence-electron chi connectivity index (χ3n) is 4.32. The van der Waals surface area contributed by atoms with Crippen molar-refractivity contribution in [3.8, 4) is 11.4 Å². The maximum atomic E-state index is 12.4. The van der Waals surface area contributed by atoms with Gasteiger partial charge in [0.05, 0.1) is 18.4 Å². The number of thiophene rings is 1. The molecule has 0 aliphatic carbocycles. The summed E-state index contributed by atoms with van der Waals surface area (Å²) < 4.78 is 6.63. The highest BCUT2D eigenvalue weighted by atomic mass is 32.2. The zero-order valence-electron chi connectivity index (χ0n) is 17.4. The highest BCUT2D eigenvalue weighted by molar-refractivity contribution is 7.99. The van der Waals surface area contributed by atoms with E-state index in [1.54, 1.807) is 6.07 Å². The quantitative estimate of drug-likeness (QED) is 0.440. The highest BCUT2D eigenvalue weighted by Gasteiger charge is 2.18. The van der Waals surface area contributed by atoms with Crippen LogP contribution < -0.4 is 10.2 Å². The summed E-state index contributed by atoms with van der Waals surface area (Å²) in [6, 6.07) is 9.73. The van der Waals surface area contributed by atoms with E-state index in [4.69, 9.17) is 4.74 Å². The fourth-order valence-corrected chi connectivity index (χ4v) is 4.39. The van der Waals surface area contributed by atoms with Crippen LogP contribution in [0, 0.1) is 6.92 Å². The van der Waals surface area contributed by atoms with E-state index in [1.165, 1.54) is 30.2 Å². The van der Waals surface area contributed by atoms with Crippen molar-refractivity contribution in [2.24, 2.45) is 7.05 Å². The van der Waals surface area contributed by atoms with E-state index in [0.717, 1.165) is 22.0 Å². The minimum Gasteiger partial charge on any atom is -0.465 e. The van der Waals surface area contributed by atoms with Crippen LogP contribution in [0.3, 0.4) is 0 Å². The molecule has 0 fully saturated rings. The number of anilines is 2. The maximum Gasteiger partial charge on any atom is 0.340 e. The van der Waals surface area contributed by atoms with E-state index < -0.39 is 5.97 Å². The highest BCUT2D eigenvalue weighted by Crippen LogP contribution is 2.29. The second-order valence-electron chi connectivity index (χ2n) is 6.73. The van der Waals surface area contributed by atoms with Crippen LogP contribution in [0.5, 0.6) is 0 Å². The van der Waals surface area contributed by atoms with Crippen LogP contribution in [0.1, 0.15) is 15.2 Å². The van der Waals surface area contributed by atoms with Gasteiger partial charge in [-0.1, -0.05) is 11.8 Å². The first kappa shape index (κ1) is 21.8. The molecule has 3 rings (SSSR count). The number of nitrogens with zero attached hydrogens (tertiary/aromatic N) is 4. The summed E-state index contributed by atoms with van der Waals surface area (Å²) in [6.45, 7) is 1.87. The lowest BCUT2D eigenvalue weighted by atomic mass is 10.2. The fraction of sp³-hybridized carbons (Fsp3) is 0.300. The van der Waals surface area contributed by atoms with E-state index >= 15 is 0 Å². The molecular weight excluding hydrogens is 422 g/mol. The van der Waals surface area contributed by atoms with Gasteiger partial charge >= 0.3 is 5.97 Å². The first-order valence-electron chi connectivity index (χ1n) is 9.08. The van der Waals surface area contributed by atoms with E-state index in [9.17, 15) is 9.59 Å². The van der Waals surface area contributed by atoms with Gasteiger partial charge in [0.25, 0.3) is 0 Å². The Labute approximate surface area is 183 Å². The van der Waals surface area contributed by atoms with Gasteiger partial charge in [-0.2, -0.15) is 0 Å². The van der Waals surface area contributed by atoms with Crippen molar-refractivity contribution in [2.45, 2.75) is 12.1 Å². The van der Waals surface area contributed by atoms with Gasteiger partial charge in [0.2, 0.25) is 5.91 Å². The number of thioether (sulfide) groups is 1. The van der Waals surface area contributed by atoms with Gasteiger partial charge in [0, 0.05) is 37.3 Å². The molecule has 2 heterocycles. The van der Waals surface area contributed by atoms with Crippen molar-refractivity contribution < 1.29 is 14.3 Å². The van der Waals surface area contributed by atoms with Gasteiger partial charge < -0.3 is 19.5 Å². The molecule has 30 heavy (non-hydrogen) atoms. The molecule has 1 amide bonds. The molecule has 8 nitrogen and oxygen atoms in total. The zero-order valence-corrected chi connectivity index (χ0v) is 19.1. The summed E-state index contributed by atoms with van der Waals surface area (Å²) in [5, 5.41) is 12.4. The van der Waals surface area contributed by atoms with Gasteiger partial charge in [-0.15, -0.1) is 21.5 Å². The fourth-order valence-electron chi connectivity index (χ4n) is 2.76. The van der Waals surface area contributed by atoms with Crippen LogP contribution in [-0.2, 0) is 16.6 Å². The Hall–Kier alpha value is -2.85. The monoisotopic (exact) mass is 445 g/mol. The first-order chi connectivity index (χ1) is 14.3. The summed E-state index contributed by atoms with van der Waals surface area (Å²) >= 11 is 2.62. The number of rotatable bonds is 7. The normalized spacial score (nSPS) is 10.7. The van der Waals surface area contributed by atoms with Gasteiger partial charge in [-0.3, -0.25) is 4.79 Å². The summed E-state index contributed by atoms with van der Waals surface area (Å²) in [7, 11) is 7.16. The second kappa shape index (κ2) is 9.31. The van der Waals surface area contributed by atoms with Crippen molar-refractivity contribution in [2.75, 3.05) is 37.2 Å². The Morgan fingerprint density at radius 3 is 2.57 bits per heavy atom. The van der Waals surface area contributed by atoms with E-state index in [0.29, 0.717) is 15.7 Å². The van der Waals surface area contributed by atoms with Crippen molar-refractivity contribution >= 4 is 45.7 Å². The van der Waals surface area contributed by atoms with Crippen LogP contribution in [0.25, 0.3) is 11.4 Å². The van der Waals surface area contributed by atoms with Crippen molar-refractivity contribution in [3.63, 3.8) is 0 Å². The molecule has 1 N–H and O–H groups in total. The molecule has 0 saturated heterocycles. The third kappa shape index (κ3) is 4.82. The minimum atomic E-state index is -0.472. The Kier molecular flexibility index (Phi) is 6.78. The SMILES string of the molecule is COC(=O)c1cc(C)sc1NC(=O)CSc1nnc(-c2ccc(N(C)C)cc2)n1C. The van der Waals surface area contributed by atoms with Crippen LogP contribution in [0.15, 0.2) is 35.5 Å². The predicted octanol–water partition coefficient (Wildman–Crippen LogP) is 3.44. The van der Waals surface area contributed by atoms with E-state index in [1.807, 2.05) is 61.8 Å². The van der Waals surface area contributed by atoms with E-state index in [-0.39, 0.29) is 11.7 Å². The summed E-state index contributed by atoms with van der Waals surface area (Å²) in [5.74, 6) is 0.167. The van der Waals surface area contributed by atoms with Gasteiger partial charge in [0.15, 0.2) is 11.0 Å². The number of aryl methyl sites for hydroxylation is 1. The lowest BCUT2D eigenvalue weighted by Gasteiger charge is -2.12. The molecule has 0 unspecified atom stereocenters. The summed E-state index contributed by atoms with van der Waals surface area (Å²) in [6.07, 6.45) is 0. The van der Waals surface area contributed by atoms with Crippen molar-refractivity contribution in [1.29, 1.82) is 0 Å². The minimum absolute atomic E-state index is 0.142. The molecule has 0 atom stereocenters. The average Bonchev–Trinajstić information content (AvgIpc) is 3.27. The summed E-state index contributed by atoms with van der Waals surface area (Å²) in [4.78, 5) is 27.2. The zero-order chi connectivity index (χ0) is 21.8. The molecule has 0 saturated carbocycles. The average molecular weight is 446 g/mol. The van der Waals surface area contributed by atoms with Gasteiger partial charge in [0.1, 0.15) is 5.00 Å². The number of aromatic nitrogens is 3. The van der Waals surface area contributed by atoms with Crippen molar-refractivity contribution in [3.05, 3.63) is 40.8 Å². The lowest BCUT2D eigenvalue weighted by molar-refractivity contribution is -0.113. The molecule has 0 spiro atoms. The molecular formula is C20H23N5O3S2. The van der Waals surface area contributed by atoms with Crippen LogP contribution in [-0.4, -0.2) is 53.6 Å². The molecule has 1 aromatic carbocycles. The Morgan fingerprint density at radius 1 is 1.23 bits per heavy atom. The number of esters is 1. The number of nitrogens with one attached hydrogen (secondary N) is 1. The smallest absolute Gasteiger partial charge is 0.340 e. The number of carbonyl (C=O) groups excluding carboxylic acids is 2. The molecule has 0 aliphatic heterocycles. The number of methoxy groups -OCH3 is 1. The first-order valence-corrected chi connectivity index (χ1v) is 10.9. The van der Waals surface area contributed by atoms with Gasteiger partial charge in [-0.05, 0) is 37.3 Å². The second-order valence-corrected chi connectivity index (χ2v) is 8.93. The predicted molar refractivity (Wildman–Crippen MR) is 121 cm³/mol. The number of carbonyl (C=O) groups is 2. The number of benzene rings is 1. The molecule has 3 aromatic rings. The standard InChI is InChI=1S/C20H23N5O3S2/c1-12-10-15(19(27)28-5)18(30-12)21-16(26)11-29-20-23-22-17(25(20)4)13-6-8-14(9-7-13)24(2)3/h6-10H,11H2,1-5H3,(H,21,26). The number of hydrogen-bond acceptors (Lipinski definition) is 8. The third-order valence-corrected chi connectivity index (χ3v) is 6.31. The number of hydrogen-bond donors (Lipinski definition) is 1. The van der Waals surface area contributed by atoms with Crippen LogP contribution in [0.4, 0.5) is 10.7 Å². The molecule has 10 heteroatoms. The molecule has 2 aromatic heterocycles. The number of ether oxygens (including phenoxy) is 1. The lowest BCUT2D eigenvalue weighted by Crippen LogP contribution is -2.16. The van der Waals surface area contributed by atoms with E-state index in [2.05, 4.69) is 15.5 Å². The molecule has 158 valence electrons. The summed E-state index contributed by atoms with van der Waals surface area (Å²) in [5.41, 5.74) is 2.41. The topological polar surface area (TPSA) is 89.3 Å².